The minimum absolute atomic E-state index is 0.0405. The highest BCUT2D eigenvalue weighted by Gasteiger charge is 2.64. The van der Waals surface area contributed by atoms with Crippen LogP contribution in [0.1, 0.15) is 38.1 Å². The molecule has 1 N–H and O–H groups in total. The number of thiol groups is 1. The van der Waals surface area contributed by atoms with Crippen LogP contribution in [0.15, 0.2) is 27.6 Å². The molecule has 0 aliphatic heterocycles. The van der Waals surface area contributed by atoms with Gasteiger partial charge in [0.15, 0.2) is 0 Å². The number of benzene rings is 1. The average Bonchev–Trinajstić information content (AvgIpc) is 2.70. The van der Waals surface area contributed by atoms with Crippen LogP contribution >= 0.6 is 28.6 Å². The summed E-state index contributed by atoms with van der Waals surface area (Å²) in [5, 5.41) is 3.04. The van der Waals surface area contributed by atoms with E-state index in [0.717, 1.165) is 15.9 Å². The van der Waals surface area contributed by atoms with Crippen LogP contribution in [0, 0.1) is 16.7 Å². The average molecular weight is 342 g/mol. The zero-order chi connectivity index (χ0) is 14.4. The van der Waals surface area contributed by atoms with Crippen LogP contribution in [0.3, 0.4) is 0 Å². The first-order valence-corrected chi connectivity index (χ1v) is 7.68. The normalized spacial score (nSPS) is 20.1. The summed E-state index contributed by atoms with van der Waals surface area (Å²) in [6.45, 7) is 9.76. The molecule has 1 saturated carbocycles. The van der Waals surface area contributed by atoms with Gasteiger partial charge < -0.3 is 5.32 Å². The fourth-order valence-corrected chi connectivity index (χ4v) is 3.45. The van der Waals surface area contributed by atoms with Crippen molar-refractivity contribution in [3.05, 3.63) is 28.2 Å². The molecule has 19 heavy (non-hydrogen) atoms. The highest BCUT2D eigenvalue weighted by atomic mass is 79.9. The third-order valence-corrected chi connectivity index (χ3v) is 5.95. The van der Waals surface area contributed by atoms with E-state index < -0.39 is 0 Å². The Morgan fingerprint density at radius 3 is 2.42 bits per heavy atom. The first-order valence-electron chi connectivity index (χ1n) is 6.44. The summed E-state index contributed by atoms with van der Waals surface area (Å²) in [7, 11) is 0. The summed E-state index contributed by atoms with van der Waals surface area (Å²) in [4.78, 5) is 13.0. The van der Waals surface area contributed by atoms with Gasteiger partial charge in [-0.2, -0.15) is 0 Å². The first kappa shape index (κ1) is 14.9. The van der Waals surface area contributed by atoms with E-state index in [1.807, 2.05) is 12.1 Å². The van der Waals surface area contributed by atoms with E-state index in [4.69, 9.17) is 0 Å². The molecule has 0 spiro atoms. The lowest BCUT2D eigenvalue weighted by Gasteiger charge is -2.08. The molecule has 1 aliphatic rings. The van der Waals surface area contributed by atoms with E-state index in [2.05, 4.69) is 61.6 Å². The second-order valence-electron chi connectivity index (χ2n) is 6.37. The van der Waals surface area contributed by atoms with Gasteiger partial charge in [0.2, 0.25) is 0 Å². The molecular weight excluding hydrogens is 322 g/mol. The van der Waals surface area contributed by atoms with Crippen LogP contribution in [-0.4, -0.2) is 12.5 Å². The van der Waals surface area contributed by atoms with Gasteiger partial charge in [-0.25, -0.2) is 0 Å². The molecule has 1 aromatic rings. The van der Waals surface area contributed by atoms with E-state index in [0.29, 0.717) is 22.3 Å². The van der Waals surface area contributed by atoms with Gasteiger partial charge >= 0.3 is 0 Å². The molecule has 0 unspecified atom stereocenters. The van der Waals surface area contributed by atoms with Crippen LogP contribution in [-0.2, 0) is 0 Å². The van der Waals surface area contributed by atoms with E-state index in [-0.39, 0.29) is 5.91 Å². The number of rotatable bonds is 3. The number of nitrogens with one attached hydrogen (secondary N) is 1. The Labute approximate surface area is 128 Å². The number of amides is 1. The van der Waals surface area contributed by atoms with Crippen molar-refractivity contribution in [1.82, 2.24) is 5.32 Å². The van der Waals surface area contributed by atoms with E-state index in [1.54, 1.807) is 6.07 Å². The van der Waals surface area contributed by atoms with Crippen molar-refractivity contribution < 1.29 is 4.79 Å². The van der Waals surface area contributed by atoms with Crippen LogP contribution in [0.25, 0.3) is 0 Å². The lowest BCUT2D eigenvalue weighted by molar-refractivity contribution is 0.0949. The maximum atomic E-state index is 12.2. The summed E-state index contributed by atoms with van der Waals surface area (Å²) in [6.07, 6.45) is 0. The summed E-state index contributed by atoms with van der Waals surface area (Å²) in [6, 6.07) is 5.49. The van der Waals surface area contributed by atoms with Crippen molar-refractivity contribution in [2.45, 2.75) is 32.6 Å². The van der Waals surface area contributed by atoms with Crippen LogP contribution < -0.4 is 5.32 Å². The van der Waals surface area contributed by atoms with Gasteiger partial charge in [0.05, 0.1) is 5.56 Å². The quantitative estimate of drug-likeness (QED) is 0.794. The molecule has 0 atom stereocenters. The Bertz CT molecular complexity index is 511. The fraction of sp³-hybridized carbons (Fsp3) is 0.533. The zero-order valence-corrected chi connectivity index (χ0v) is 14.2. The zero-order valence-electron chi connectivity index (χ0n) is 11.7. The standard InChI is InChI=1S/C15H20BrNOS/c1-14(2)12(15(14,3)4)8-17-13(18)10-7-9(19)5-6-11(10)16/h5-7,12,19H,8H2,1-4H3,(H,17,18). The third-order valence-electron chi connectivity index (χ3n) is 4.98. The Kier molecular flexibility index (Phi) is 3.78. The predicted octanol–water partition coefficient (Wildman–Crippen LogP) is 4.15. The second-order valence-corrected chi connectivity index (χ2v) is 7.74. The topological polar surface area (TPSA) is 29.1 Å². The molecule has 2 nitrogen and oxygen atoms in total. The Morgan fingerprint density at radius 2 is 1.89 bits per heavy atom. The largest absolute Gasteiger partial charge is 0.352 e. The summed E-state index contributed by atoms with van der Waals surface area (Å²) in [5.41, 5.74) is 1.23. The van der Waals surface area contributed by atoms with Gasteiger partial charge in [0.1, 0.15) is 0 Å². The van der Waals surface area contributed by atoms with Crippen molar-refractivity contribution in [3.8, 4) is 0 Å². The maximum Gasteiger partial charge on any atom is 0.252 e. The van der Waals surface area contributed by atoms with Crippen molar-refractivity contribution in [3.63, 3.8) is 0 Å². The Morgan fingerprint density at radius 1 is 1.32 bits per heavy atom. The van der Waals surface area contributed by atoms with Crippen LogP contribution in [0.2, 0.25) is 0 Å². The Balaban J connectivity index is 2.02. The monoisotopic (exact) mass is 341 g/mol. The van der Waals surface area contributed by atoms with E-state index in [1.165, 1.54) is 0 Å². The minimum Gasteiger partial charge on any atom is -0.352 e. The van der Waals surface area contributed by atoms with Crippen molar-refractivity contribution in [1.29, 1.82) is 0 Å². The van der Waals surface area contributed by atoms with Gasteiger partial charge in [-0.1, -0.05) is 27.7 Å². The highest BCUT2D eigenvalue weighted by molar-refractivity contribution is 9.10. The summed E-state index contributed by atoms with van der Waals surface area (Å²) >= 11 is 7.68. The molecule has 1 amide bonds. The second kappa shape index (κ2) is 4.81. The van der Waals surface area contributed by atoms with Gasteiger partial charge in [-0.05, 0) is 50.9 Å². The molecule has 2 rings (SSSR count). The van der Waals surface area contributed by atoms with Crippen molar-refractivity contribution in [2.24, 2.45) is 16.7 Å². The van der Waals surface area contributed by atoms with E-state index >= 15 is 0 Å². The fourth-order valence-electron chi connectivity index (χ4n) is 2.82. The van der Waals surface area contributed by atoms with Crippen LogP contribution in [0.4, 0.5) is 0 Å². The van der Waals surface area contributed by atoms with Gasteiger partial charge in [-0.3, -0.25) is 4.79 Å². The molecule has 0 bridgehead atoms. The molecule has 0 aromatic heterocycles. The highest BCUT2D eigenvalue weighted by Crippen LogP contribution is 2.67. The molecule has 1 aromatic carbocycles. The Hall–Kier alpha value is -0.480. The molecule has 0 heterocycles. The van der Waals surface area contributed by atoms with Crippen molar-refractivity contribution >= 4 is 34.5 Å². The molecule has 1 aliphatic carbocycles. The van der Waals surface area contributed by atoms with Gasteiger partial charge in [0.25, 0.3) is 5.91 Å². The molecule has 4 heteroatoms. The molecule has 104 valence electrons. The lowest BCUT2D eigenvalue weighted by Crippen LogP contribution is -2.27. The third kappa shape index (κ3) is 2.57. The number of hydrogen-bond acceptors (Lipinski definition) is 2. The lowest BCUT2D eigenvalue weighted by atomic mass is 10.0. The van der Waals surface area contributed by atoms with Gasteiger partial charge in [0, 0.05) is 15.9 Å². The minimum atomic E-state index is -0.0405. The SMILES string of the molecule is CC1(C)C(CNC(=O)c2cc(S)ccc2Br)C1(C)C. The molecule has 0 saturated heterocycles. The molecule has 1 fully saturated rings. The molecule has 0 radical (unpaired) electrons. The van der Waals surface area contributed by atoms with Crippen molar-refractivity contribution in [2.75, 3.05) is 6.54 Å². The molecular formula is C15H20BrNOS. The predicted molar refractivity (Wildman–Crippen MR) is 84.8 cm³/mol. The number of carbonyl (C=O) groups excluding carboxylic acids is 1. The number of hydrogen-bond donors (Lipinski definition) is 2. The van der Waals surface area contributed by atoms with Crippen LogP contribution in [0.5, 0.6) is 0 Å². The van der Waals surface area contributed by atoms with Gasteiger partial charge in [-0.15, -0.1) is 12.6 Å². The first-order chi connectivity index (χ1) is 8.68. The summed E-state index contributed by atoms with van der Waals surface area (Å²) in [5.74, 6) is 0.489. The smallest absolute Gasteiger partial charge is 0.252 e. The van der Waals surface area contributed by atoms with E-state index in [9.17, 15) is 4.79 Å². The number of carbonyl (C=O) groups is 1. The summed E-state index contributed by atoms with van der Waals surface area (Å²) < 4.78 is 0.803. The maximum absolute atomic E-state index is 12.2. The number of halogens is 1.